The highest BCUT2D eigenvalue weighted by Crippen LogP contribution is 2.43. The van der Waals surface area contributed by atoms with Crippen LogP contribution in [-0.2, 0) is 17.3 Å². The van der Waals surface area contributed by atoms with E-state index in [-0.39, 0.29) is 17.8 Å². The van der Waals surface area contributed by atoms with Crippen LogP contribution in [0.25, 0.3) is 33.2 Å². The first-order chi connectivity index (χ1) is 18.3. The molecule has 0 spiro atoms. The number of fused-ring (bicyclic) bond motifs is 3. The lowest BCUT2D eigenvalue weighted by Crippen LogP contribution is -2.30. The van der Waals surface area contributed by atoms with Gasteiger partial charge < -0.3 is 15.0 Å². The van der Waals surface area contributed by atoms with E-state index in [4.69, 9.17) is 15.5 Å². The molecule has 2 aromatic carbocycles. The van der Waals surface area contributed by atoms with Gasteiger partial charge in [0.1, 0.15) is 0 Å². The van der Waals surface area contributed by atoms with E-state index < -0.39 is 5.54 Å². The fraction of sp³-hybridized carbons (Fsp3) is 0.367. The predicted molar refractivity (Wildman–Crippen MR) is 147 cm³/mol. The van der Waals surface area contributed by atoms with Crippen LogP contribution < -0.4 is 5.73 Å². The van der Waals surface area contributed by atoms with Crippen molar-refractivity contribution in [2.24, 2.45) is 18.7 Å². The Bertz CT molecular complexity index is 1610. The van der Waals surface area contributed by atoms with Crippen molar-refractivity contribution < 1.29 is 9.13 Å². The molecule has 38 heavy (non-hydrogen) atoms. The predicted octanol–water partition coefficient (Wildman–Crippen LogP) is 5.64. The zero-order valence-electron chi connectivity index (χ0n) is 22.3. The number of rotatable bonds is 5. The van der Waals surface area contributed by atoms with Gasteiger partial charge in [-0.1, -0.05) is 47.7 Å². The SMILES string of the molecule is Cc1nnn(C)c1-c1cnc2c3ccc(C(C)(C)N)c(F)c3n(C(c3ccccc3)C3CCOCC3)c2c1. The van der Waals surface area contributed by atoms with Crippen LogP contribution in [0.15, 0.2) is 54.7 Å². The molecule has 0 bridgehead atoms. The van der Waals surface area contributed by atoms with E-state index in [0.717, 1.165) is 51.8 Å². The Morgan fingerprint density at radius 3 is 2.50 bits per heavy atom. The van der Waals surface area contributed by atoms with Gasteiger partial charge in [-0.2, -0.15) is 0 Å². The number of hydrogen-bond acceptors (Lipinski definition) is 5. The van der Waals surface area contributed by atoms with E-state index in [9.17, 15) is 0 Å². The van der Waals surface area contributed by atoms with E-state index in [0.29, 0.717) is 24.3 Å². The summed E-state index contributed by atoms with van der Waals surface area (Å²) in [4.78, 5) is 4.91. The Kier molecular flexibility index (Phi) is 6.04. The Hall–Kier alpha value is -3.62. The van der Waals surface area contributed by atoms with Crippen LogP contribution in [0, 0.1) is 18.7 Å². The molecule has 1 atom stereocenters. The third-order valence-corrected chi connectivity index (χ3v) is 7.83. The summed E-state index contributed by atoms with van der Waals surface area (Å²) in [6, 6.07) is 16.2. The Morgan fingerprint density at radius 2 is 1.84 bits per heavy atom. The Balaban J connectivity index is 1.73. The number of nitrogens with two attached hydrogens (primary N) is 1. The summed E-state index contributed by atoms with van der Waals surface area (Å²) in [6.45, 7) is 7.00. The second kappa shape index (κ2) is 9.29. The van der Waals surface area contributed by atoms with E-state index >= 15 is 4.39 Å². The van der Waals surface area contributed by atoms with Crippen molar-refractivity contribution in [1.29, 1.82) is 0 Å². The van der Waals surface area contributed by atoms with Gasteiger partial charge in [-0.15, -0.1) is 5.10 Å². The molecule has 2 N–H and O–H groups in total. The molecule has 3 aromatic heterocycles. The van der Waals surface area contributed by atoms with E-state index in [2.05, 4.69) is 45.2 Å². The molecular formula is C30H33FN6O. The lowest BCUT2D eigenvalue weighted by molar-refractivity contribution is 0.0552. The summed E-state index contributed by atoms with van der Waals surface area (Å²) in [7, 11) is 1.87. The van der Waals surface area contributed by atoms with Gasteiger partial charge in [0.25, 0.3) is 0 Å². The van der Waals surface area contributed by atoms with Crippen molar-refractivity contribution in [3.63, 3.8) is 0 Å². The van der Waals surface area contributed by atoms with Gasteiger partial charge >= 0.3 is 0 Å². The van der Waals surface area contributed by atoms with Gasteiger partial charge in [0.2, 0.25) is 0 Å². The first-order valence-electron chi connectivity index (χ1n) is 13.2. The highest BCUT2D eigenvalue weighted by atomic mass is 19.1. The minimum absolute atomic E-state index is 0.103. The van der Waals surface area contributed by atoms with Crippen molar-refractivity contribution >= 4 is 21.9 Å². The summed E-state index contributed by atoms with van der Waals surface area (Å²) < 4.78 is 26.3. The summed E-state index contributed by atoms with van der Waals surface area (Å²) in [5, 5.41) is 9.21. The second-order valence-corrected chi connectivity index (χ2v) is 11.0. The Morgan fingerprint density at radius 1 is 1.11 bits per heavy atom. The molecule has 0 saturated carbocycles. The molecule has 6 rings (SSSR count). The lowest BCUT2D eigenvalue weighted by Gasteiger charge is -2.33. The first kappa shape index (κ1) is 24.7. The van der Waals surface area contributed by atoms with Gasteiger partial charge in [-0.05, 0) is 51.2 Å². The van der Waals surface area contributed by atoms with Gasteiger partial charge in [-0.25, -0.2) is 9.07 Å². The smallest absolute Gasteiger partial charge is 0.152 e. The van der Waals surface area contributed by atoms with Gasteiger partial charge in [0.05, 0.1) is 34.0 Å². The maximum absolute atomic E-state index is 16.6. The number of benzene rings is 2. The molecule has 1 saturated heterocycles. The average Bonchev–Trinajstić information content (AvgIpc) is 3.41. The average molecular weight is 513 g/mol. The molecule has 0 amide bonds. The van der Waals surface area contributed by atoms with Gasteiger partial charge in [0.15, 0.2) is 5.82 Å². The summed E-state index contributed by atoms with van der Waals surface area (Å²) in [5.74, 6) is -0.0245. The molecule has 1 fully saturated rings. The summed E-state index contributed by atoms with van der Waals surface area (Å²) >= 11 is 0. The Labute approximate surface area is 221 Å². The van der Waals surface area contributed by atoms with Crippen LogP contribution in [0.4, 0.5) is 4.39 Å². The van der Waals surface area contributed by atoms with Crippen LogP contribution in [-0.4, -0.2) is 37.8 Å². The topological polar surface area (TPSA) is 83.8 Å². The normalized spacial score (nSPS) is 15.9. The van der Waals surface area contributed by atoms with E-state index in [1.165, 1.54) is 0 Å². The third kappa shape index (κ3) is 3.99. The van der Waals surface area contributed by atoms with Crippen LogP contribution >= 0.6 is 0 Å². The summed E-state index contributed by atoms with van der Waals surface area (Å²) in [5.41, 5.74) is 12.0. The van der Waals surface area contributed by atoms with Crippen molar-refractivity contribution in [3.05, 3.63) is 77.4 Å². The van der Waals surface area contributed by atoms with Gasteiger partial charge in [0, 0.05) is 48.5 Å². The minimum atomic E-state index is -0.837. The van der Waals surface area contributed by atoms with E-state index in [1.54, 1.807) is 10.7 Å². The maximum Gasteiger partial charge on any atom is 0.152 e. The second-order valence-electron chi connectivity index (χ2n) is 11.0. The standard InChI is InChI=1S/C30H33FN6O/c1-18-27(36(4)35-34-18)21-16-24-26(33-17-21)22-10-11-23(30(2,3)32)25(31)29(22)37(24)28(19-8-6-5-7-9-19)20-12-14-38-15-13-20/h5-11,16-17,20,28H,12-15,32H2,1-4H3. The molecule has 7 nitrogen and oxygen atoms in total. The number of aryl methyl sites for hydroxylation is 2. The monoisotopic (exact) mass is 512 g/mol. The van der Waals surface area contributed by atoms with Crippen molar-refractivity contribution in [2.75, 3.05) is 13.2 Å². The highest BCUT2D eigenvalue weighted by Gasteiger charge is 2.33. The molecule has 0 aliphatic carbocycles. The first-order valence-corrected chi connectivity index (χ1v) is 13.2. The number of nitrogens with zero attached hydrogens (tertiary/aromatic N) is 5. The van der Waals surface area contributed by atoms with Crippen LogP contribution in [0.2, 0.25) is 0 Å². The molecule has 0 radical (unpaired) electrons. The molecule has 5 aromatic rings. The van der Waals surface area contributed by atoms with Crippen molar-refractivity contribution in [1.82, 2.24) is 24.5 Å². The fourth-order valence-electron chi connectivity index (χ4n) is 6.04. The van der Waals surface area contributed by atoms with Crippen LogP contribution in [0.3, 0.4) is 0 Å². The highest BCUT2D eigenvalue weighted by molar-refractivity contribution is 6.07. The van der Waals surface area contributed by atoms with E-state index in [1.807, 2.05) is 46.1 Å². The molecule has 1 aliphatic heterocycles. The fourth-order valence-corrected chi connectivity index (χ4v) is 6.04. The largest absolute Gasteiger partial charge is 0.381 e. The number of hydrogen-bond donors (Lipinski definition) is 1. The molecule has 4 heterocycles. The lowest BCUT2D eigenvalue weighted by atomic mass is 9.86. The molecule has 1 unspecified atom stereocenters. The molecule has 196 valence electrons. The van der Waals surface area contributed by atoms with Crippen LogP contribution in [0.1, 0.15) is 49.6 Å². The maximum atomic E-state index is 16.6. The zero-order valence-corrected chi connectivity index (χ0v) is 22.3. The zero-order chi connectivity index (χ0) is 26.6. The molecule has 8 heteroatoms. The number of ether oxygens (including phenoxy) is 1. The van der Waals surface area contributed by atoms with Gasteiger partial charge in [-0.3, -0.25) is 4.98 Å². The summed E-state index contributed by atoms with van der Waals surface area (Å²) in [6.07, 6.45) is 3.62. The minimum Gasteiger partial charge on any atom is -0.381 e. The number of pyridine rings is 1. The number of aromatic nitrogens is 5. The van der Waals surface area contributed by atoms with Crippen molar-refractivity contribution in [2.45, 2.75) is 45.2 Å². The molecule has 1 aliphatic rings. The molecular weight excluding hydrogens is 479 g/mol. The van der Waals surface area contributed by atoms with Crippen LogP contribution in [0.5, 0.6) is 0 Å². The third-order valence-electron chi connectivity index (χ3n) is 7.83. The quantitative estimate of drug-likeness (QED) is 0.329. The number of halogens is 1. The van der Waals surface area contributed by atoms with Crippen molar-refractivity contribution in [3.8, 4) is 11.3 Å².